The van der Waals surface area contributed by atoms with Crippen LogP contribution in [0.15, 0.2) is 0 Å². The topological polar surface area (TPSA) is 101 Å². The minimum absolute atomic E-state index is 0.0348. The van der Waals surface area contributed by atoms with Crippen molar-refractivity contribution in [2.75, 3.05) is 30.8 Å². The Bertz CT molecular complexity index is 541. The molecule has 1 aliphatic heterocycles. The van der Waals surface area contributed by atoms with Crippen LogP contribution >= 0.6 is 11.3 Å². The fourth-order valence-electron chi connectivity index (χ4n) is 2.34. The fraction of sp³-hybridized carbons (Fsp3) is 0.538. The van der Waals surface area contributed by atoms with Gasteiger partial charge in [0.05, 0.1) is 16.1 Å². The summed E-state index contributed by atoms with van der Waals surface area (Å²) in [5.74, 6) is -0.295. The third kappa shape index (κ3) is 2.51. The maximum absolute atomic E-state index is 12.1. The predicted octanol–water partition coefficient (Wildman–Crippen LogP) is 0.820. The zero-order valence-corrected chi connectivity index (χ0v) is 12.5. The first-order valence-electron chi connectivity index (χ1n) is 6.67. The van der Waals surface area contributed by atoms with Crippen molar-refractivity contribution >= 4 is 33.7 Å². The van der Waals surface area contributed by atoms with Crippen molar-refractivity contribution in [3.63, 3.8) is 0 Å². The molecule has 6 nitrogen and oxygen atoms in total. The average Bonchev–Trinajstić information content (AvgIpc) is 3.01. The number of anilines is 2. The Labute approximate surface area is 122 Å². The molecule has 20 heavy (non-hydrogen) atoms. The molecule has 0 radical (unpaired) electrons. The Morgan fingerprint density at radius 3 is 2.70 bits per heavy atom. The molecule has 1 unspecified atom stereocenters. The molecule has 1 saturated heterocycles. The molecule has 0 bridgehead atoms. The number of amides is 1. The lowest BCUT2D eigenvalue weighted by Gasteiger charge is -2.17. The molecule has 110 valence electrons. The predicted molar refractivity (Wildman–Crippen MR) is 81.5 cm³/mol. The van der Waals surface area contributed by atoms with Crippen LogP contribution in [0.2, 0.25) is 0 Å². The molecule has 0 aromatic carbocycles. The lowest BCUT2D eigenvalue weighted by molar-refractivity contribution is 0.0964. The highest BCUT2D eigenvalue weighted by atomic mass is 32.1. The maximum atomic E-state index is 12.1. The van der Waals surface area contributed by atoms with Gasteiger partial charge in [-0.25, -0.2) is 0 Å². The first-order valence-corrected chi connectivity index (χ1v) is 7.49. The zero-order valence-electron chi connectivity index (χ0n) is 11.7. The van der Waals surface area contributed by atoms with Gasteiger partial charge in [0.1, 0.15) is 5.00 Å². The van der Waals surface area contributed by atoms with Gasteiger partial charge in [-0.2, -0.15) is 0 Å². The van der Waals surface area contributed by atoms with Crippen molar-refractivity contribution < 1.29 is 9.59 Å². The largest absolute Gasteiger partial charge is 0.397 e. The Kier molecular flexibility index (Phi) is 4.29. The molecule has 0 spiro atoms. The van der Waals surface area contributed by atoms with Gasteiger partial charge in [0, 0.05) is 32.6 Å². The number of Topliss-reactive ketones (excluding diaryl/α,β-unsaturated/α-hetero) is 1. The Morgan fingerprint density at radius 1 is 1.50 bits per heavy atom. The fourth-order valence-corrected chi connectivity index (χ4v) is 3.60. The Morgan fingerprint density at radius 2 is 2.20 bits per heavy atom. The third-order valence-corrected chi connectivity index (χ3v) is 4.77. The van der Waals surface area contributed by atoms with Crippen molar-refractivity contribution in [3.8, 4) is 0 Å². The Balaban J connectivity index is 2.48. The van der Waals surface area contributed by atoms with Crippen LogP contribution in [0.1, 0.15) is 39.8 Å². The second kappa shape index (κ2) is 5.80. The van der Waals surface area contributed by atoms with E-state index in [0.717, 1.165) is 18.0 Å². The molecule has 7 heteroatoms. The molecule has 1 aliphatic rings. The van der Waals surface area contributed by atoms with Gasteiger partial charge in [0.15, 0.2) is 5.78 Å². The number of ketones is 1. The SMILES string of the molecule is CCC(=O)c1sc(N2CCC(N)C2)c(C(=O)NC)c1N. The van der Waals surface area contributed by atoms with Gasteiger partial charge < -0.3 is 21.7 Å². The molecule has 1 atom stereocenters. The molecular formula is C13H20N4O2S. The van der Waals surface area contributed by atoms with E-state index in [-0.39, 0.29) is 23.4 Å². The molecule has 1 fully saturated rings. The van der Waals surface area contributed by atoms with E-state index in [4.69, 9.17) is 11.5 Å². The van der Waals surface area contributed by atoms with Crippen LogP contribution in [0.5, 0.6) is 0 Å². The molecule has 2 rings (SSSR count). The van der Waals surface area contributed by atoms with Crippen LogP contribution in [0.3, 0.4) is 0 Å². The normalized spacial score (nSPS) is 18.4. The minimum Gasteiger partial charge on any atom is -0.397 e. The van der Waals surface area contributed by atoms with E-state index in [0.29, 0.717) is 23.4 Å². The molecule has 0 saturated carbocycles. The summed E-state index contributed by atoms with van der Waals surface area (Å²) in [5, 5.41) is 3.34. The molecule has 1 amide bonds. The molecule has 1 aromatic rings. The quantitative estimate of drug-likeness (QED) is 0.714. The lowest BCUT2D eigenvalue weighted by Crippen LogP contribution is -2.28. The summed E-state index contributed by atoms with van der Waals surface area (Å²) < 4.78 is 0. The van der Waals surface area contributed by atoms with E-state index in [1.165, 1.54) is 11.3 Å². The van der Waals surface area contributed by atoms with Crippen LogP contribution in [-0.4, -0.2) is 37.9 Å². The van der Waals surface area contributed by atoms with Crippen molar-refractivity contribution in [2.45, 2.75) is 25.8 Å². The number of nitrogens with two attached hydrogens (primary N) is 2. The standard InChI is InChI=1S/C13H20N4O2S/c1-3-8(18)11-10(15)9(12(19)16-2)13(20-11)17-5-4-7(14)6-17/h7H,3-6,14-15H2,1-2H3,(H,16,19). The smallest absolute Gasteiger partial charge is 0.256 e. The Hall–Kier alpha value is -1.60. The summed E-state index contributed by atoms with van der Waals surface area (Å²) in [7, 11) is 1.56. The van der Waals surface area contributed by atoms with Gasteiger partial charge >= 0.3 is 0 Å². The van der Waals surface area contributed by atoms with Gasteiger partial charge in [-0.15, -0.1) is 11.3 Å². The minimum atomic E-state index is -0.260. The van der Waals surface area contributed by atoms with Crippen LogP contribution < -0.4 is 21.7 Å². The van der Waals surface area contributed by atoms with Crippen molar-refractivity contribution in [3.05, 3.63) is 10.4 Å². The van der Waals surface area contributed by atoms with Gasteiger partial charge in [-0.1, -0.05) is 6.92 Å². The van der Waals surface area contributed by atoms with Crippen molar-refractivity contribution in [1.82, 2.24) is 5.32 Å². The summed E-state index contributed by atoms with van der Waals surface area (Å²) in [6.07, 6.45) is 1.25. The first kappa shape index (κ1) is 14.8. The van der Waals surface area contributed by atoms with Crippen LogP contribution in [0.4, 0.5) is 10.7 Å². The second-order valence-electron chi connectivity index (χ2n) is 4.88. The number of hydrogen-bond donors (Lipinski definition) is 3. The van der Waals surface area contributed by atoms with Crippen LogP contribution in [0, 0.1) is 0 Å². The average molecular weight is 296 g/mol. The number of rotatable bonds is 4. The summed E-state index contributed by atoms with van der Waals surface area (Å²) in [6.45, 7) is 3.25. The molecule has 0 aliphatic carbocycles. The van der Waals surface area contributed by atoms with E-state index in [1.807, 2.05) is 4.90 Å². The summed E-state index contributed by atoms with van der Waals surface area (Å²) in [4.78, 5) is 26.5. The highest BCUT2D eigenvalue weighted by molar-refractivity contribution is 7.19. The summed E-state index contributed by atoms with van der Waals surface area (Å²) in [6, 6.07) is 0.0983. The van der Waals surface area contributed by atoms with E-state index in [2.05, 4.69) is 5.32 Å². The monoisotopic (exact) mass is 296 g/mol. The summed E-state index contributed by atoms with van der Waals surface area (Å²) >= 11 is 1.30. The van der Waals surface area contributed by atoms with E-state index in [1.54, 1.807) is 14.0 Å². The van der Waals surface area contributed by atoms with E-state index >= 15 is 0 Å². The van der Waals surface area contributed by atoms with Crippen molar-refractivity contribution in [2.24, 2.45) is 5.73 Å². The van der Waals surface area contributed by atoms with Gasteiger partial charge in [0.2, 0.25) is 0 Å². The highest BCUT2D eigenvalue weighted by Crippen LogP contribution is 2.40. The van der Waals surface area contributed by atoms with E-state index < -0.39 is 0 Å². The number of carbonyl (C=O) groups excluding carboxylic acids is 2. The molecule has 1 aromatic heterocycles. The molecule has 2 heterocycles. The second-order valence-corrected chi connectivity index (χ2v) is 5.87. The molecular weight excluding hydrogens is 276 g/mol. The number of thiophene rings is 1. The molecule has 5 N–H and O–H groups in total. The lowest BCUT2D eigenvalue weighted by atomic mass is 10.1. The number of nitrogens with zero attached hydrogens (tertiary/aromatic N) is 1. The number of nitrogens with one attached hydrogen (secondary N) is 1. The van der Waals surface area contributed by atoms with Crippen LogP contribution in [-0.2, 0) is 0 Å². The zero-order chi connectivity index (χ0) is 14.9. The van der Waals surface area contributed by atoms with Gasteiger partial charge in [0.25, 0.3) is 5.91 Å². The number of carbonyl (C=O) groups is 2. The third-order valence-electron chi connectivity index (χ3n) is 3.47. The number of nitrogen functional groups attached to an aromatic ring is 1. The highest BCUT2D eigenvalue weighted by Gasteiger charge is 2.30. The maximum Gasteiger partial charge on any atom is 0.256 e. The van der Waals surface area contributed by atoms with Crippen LogP contribution in [0.25, 0.3) is 0 Å². The van der Waals surface area contributed by atoms with Gasteiger partial charge in [-0.3, -0.25) is 9.59 Å². The van der Waals surface area contributed by atoms with Crippen molar-refractivity contribution in [1.29, 1.82) is 0 Å². The van der Waals surface area contributed by atoms with Gasteiger partial charge in [-0.05, 0) is 6.42 Å². The number of hydrogen-bond acceptors (Lipinski definition) is 6. The first-order chi connectivity index (χ1) is 9.49. The summed E-state index contributed by atoms with van der Waals surface area (Å²) in [5.41, 5.74) is 12.6. The van der Waals surface area contributed by atoms with E-state index in [9.17, 15) is 9.59 Å².